The zero-order valence-corrected chi connectivity index (χ0v) is 31.9. The van der Waals surface area contributed by atoms with Gasteiger partial charge in [-0.3, -0.25) is 6.08 Å². The van der Waals surface area contributed by atoms with Crippen molar-refractivity contribution in [1.29, 1.82) is 0 Å². The van der Waals surface area contributed by atoms with E-state index in [-0.39, 0.29) is 41.1 Å². The van der Waals surface area contributed by atoms with Crippen LogP contribution in [0.15, 0.2) is 60.7 Å². The van der Waals surface area contributed by atoms with E-state index in [0.717, 1.165) is 6.42 Å². The third-order valence-electron chi connectivity index (χ3n) is 9.12. The molecule has 0 atom stereocenters. The maximum atomic E-state index is 2.99. The minimum absolute atomic E-state index is 0. The molecule has 3 aromatic carbocycles. The van der Waals surface area contributed by atoms with Gasteiger partial charge in [-0.1, -0.05) is 76.9 Å². The van der Waals surface area contributed by atoms with Crippen LogP contribution in [-0.4, -0.2) is 5.43 Å². The van der Waals surface area contributed by atoms with Gasteiger partial charge in [0.25, 0.3) is 0 Å². The molecular weight excluding hydrogens is 647 g/mol. The Bertz CT molecular complexity index is 1220. The maximum absolute atomic E-state index is 2.99. The molecule has 6 rings (SSSR count). The molecule has 0 amide bonds. The average molecular weight is 699 g/mol. The van der Waals surface area contributed by atoms with Gasteiger partial charge in [0.1, 0.15) is 0 Å². The Kier molecular flexibility index (Phi) is 15.5. The molecule has 0 aliphatic heterocycles. The number of allylic oxidation sites excluding steroid dienone is 4. The first-order valence-electron chi connectivity index (χ1n) is 16.0. The Morgan fingerprint density at radius 3 is 1.43 bits per heavy atom. The van der Waals surface area contributed by atoms with Gasteiger partial charge < -0.3 is 24.8 Å². The summed E-state index contributed by atoms with van der Waals surface area (Å²) in [5, 5.41) is 5.49. The van der Waals surface area contributed by atoms with Gasteiger partial charge in [0.05, 0.1) is 0 Å². The summed E-state index contributed by atoms with van der Waals surface area (Å²) in [4.78, 5) is 0. The molecule has 3 aromatic rings. The molecule has 3 aliphatic rings. The van der Waals surface area contributed by atoms with Crippen molar-refractivity contribution in [2.75, 3.05) is 0 Å². The Morgan fingerprint density at radius 2 is 1.12 bits per heavy atom. The van der Waals surface area contributed by atoms with Gasteiger partial charge >= 0.3 is 104 Å². The van der Waals surface area contributed by atoms with Crippen molar-refractivity contribution in [2.24, 2.45) is 0 Å². The van der Waals surface area contributed by atoms with Crippen LogP contribution in [0.25, 0.3) is 21.5 Å². The van der Waals surface area contributed by atoms with Crippen LogP contribution >= 0.6 is 0 Å². The number of hydrogen-bond donors (Lipinski definition) is 0. The summed E-state index contributed by atoms with van der Waals surface area (Å²) in [6.45, 7) is 13.7. The second kappa shape index (κ2) is 17.2. The van der Waals surface area contributed by atoms with Gasteiger partial charge in [0.2, 0.25) is 0 Å². The van der Waals surface area contributed by atoms with Gasteiger partial charge in [-0.15, -0.1) is 46.2 Å². The molecule has 42 heavy (non-hydrogen) atoms. The van der Waals surface area contributed by atoms with E-state index in [2.05, 4.69) is 96.2 Å². The van der Waals surface area contributed by atoms with Crippen LogP contribution in [0.2, 0.25) is 11.1 Å². The van der Waals surface area contributed by atoms with E-state index in [1.807, 2.05) is 35.5 Å². The van der Waals surface area contributed by atoms with E-state index in [9.17, 15) is 0 Å². The molecule has 3 aliphatic carbocycles. The molecule has 0 unspecified atom stereocenters. The van der Waals surface area contributed by atoms with E-state index < -0.39 is 0 Å². The fourth-order valence-corrected chi connectivity index (χ4v) is 13.4. The summed E-state index contributed by atoms with van der Waals surface area (Å²) in [7, 11) is 0. The number of hydrogen-bond acceptors (Lipinski definition) is 0. The molecule has 0 bridgehead atoms. The fraction of sp³-hybridized carbons (Fsp3) is 0.553. The van der Waals surface area contributed by atoms with Gasteiger partial charge in [0.15, 0.2) is 0 Å². The van der Waals surface area contributed by atoms with Crippen LogP contribution in [-0.2, 0) is 34.2 Å². The van der Waals surface area contributed by atoms with Crippen molar-refractivity contribution >= 4 is 27.0 Å². The summed E-state index contributed by atoms with van der Waals surface area (Å²) in [5.41, 5.74) is 5.76. The number of benzene rings is 2. The van der Waals surface area contributed by atoms with Gasteiger partial charge in [-0.05, 0) is 10.8 Å². The normalized spacial score (nSPS) is 17.5. The molecule has 0 spiro atoms. The monoisotopic (exact) mass is 696 g/mol. The van der Waals surface area contributed by atoms with Crippen molar-refractivity contribution in [3.63, 3.8) is 0 Å². The summed E-state index contributed by atoms with van der Waals surface area (Å²) in [6, 6.07) is 16.1. The van der Waals surface area contributed by atoms with Crippen molar-refractivity contribution in [3.05, 3.63) is 77.9 Å². The second-order valence-electron chi connectivity index (χ2n) is 14.4. The number of rotatable bonds is 2. The number of fused-ring (bicyclic) bond motifs is 3. The summed E-state index contributed by atoms with van der Waals surface area (Å²) in [6.07, 6.45) is 25.7. The Hall–Kier alpha value is -0.530. The van der Waals surface area contributed by atoms with Crippen molar-refractivity contribution in [1.82, 2.24) is 0 Å². The van der Waals surface area contributed by atoms with E-state index in [1.165, 1.54) is 56.6 Å². The second-order valence-corrected chi connectivity index (χ2v) is 21.2. The molecule has 2 fully saturated rings. The SMILES string of the molecule is CC(C)(C)c1ccc2[cH-]c3ccc(C(C)(C)C)cc3c2c1.[C-]1=CC=CC1.[Cl-].[Cl-].[Zr+2]=[Si](C1CCCCC1)C1CCCCC1. The van der Waals surface area contributed by atoms with Crippen LogP contribution in [0.4, 0.5) is 0 Å². The quantitative estimate of drug-likeness (QED) is 0.234. The van der Waals surface area contributed by atoms with Crippen LogP contribution in [0.1, 0.15) is 123 Å². The molecule has 228 valence electrons. The molecule has 0 N–H and O–H groups in total. The van der Waals surface area contributed by atoms with Gasteiger partial charge in [0, 0.05) is 0 Å². The van der Waals surface area contributed by atoms with Crippen LogP contribution < -0.4 is 24.8 Å². The molecule has 0 nitrogen and oxygen atoms in total. The summed E-state index contributed by atoms with van der Waals surface area (Å²) < 4.78 is 0. The van der Waals surface area contributed by atoms with Gasteiger partial charge in [-0.2, -0.15) is 6.08 Å². The van der Waals surface area contributed by atoms with Crippen LogP contribution in [0.3, 0.4) is 0 Å². The first-order valence-corrected chi connectivity index (χ1v) is 21.3. The summed E-state index contributed by atoms with van der Waals surface area (Å²) in [5.74, 6) is 0. The molecule has 0 saturated heterocycles. The predicted molar refractivity (Wildman–Crippen MR) is 175 cm³/mol. The topological polar surface area (TPSA) is 0 Å². The van der Waals surface area contributed by atoms with Gasteiger partial charge in [-0.25, -0.2) is 12.2 Å². The van der Waals surface area contributed by atoms with E-state index in [4.69, 9.17) is 0 Å². The molecule has 0 aromatic heterocycles. The number of halogens is 2. The average Bonchev–Trinajstić information content (AvgIpc) is 3.64. The van der Waals surface area contributed by atoms with E-state index in [1.54, 1.807) is 51.4 Å². The molecule has 0 heterocycles. The Morgan fingerprint density at radius 1 is 0.690 bits per heavy atom. The molecule has 4 heteroatoms. The molecular formula is C38H52Cl2SiZr-2. The standard InChI is InChI=1S/C21H25.C12H22Si.C5H5.2ClH.Zr/c1-20(2,3)16-9-7-14-11-15-8-10-17(21(4,5)6)13-19(15)18(14)12-16;1-3-7-11(8-4-1)13-12-9-5-2-6-10-12;1-2-4-5-3-1;;;/h7-13H,1-6H3;11-12H,1-10H2;1-3H,4H2;2*1H;/q-1;;-1;;;+2/p-2. The Balaban J connectivity index is 0.000000253. The zero-order chi connectivity index (χ0) is 28.8. The predicted octanol–water partition coefficient (Wildman–Crippen LogP) is 5.81. The minimum atomic E-state index is 0. The van der Waals surface area contributed by atoms with E-state index >= 15 is 0 Å². The van der Waals surface area contributed by atoms with Crippen molar-refractivity contribution in [3.8, 4) is 0 Å². The van der Waals surface area contributed by atoms with Crippen LogP contribution in [0, 0.1) is 6.08 Å². The first kappa shape index (κ1) is 37.7. The molecule has 0 radical (unpaired) electrons. The van der Waals surface area contributed by atoms with E-state index in [0.29, 0.717) is 0 Å². The summed E-state index contributed by atoms with van der Waals surface area (Å²) >= 11 is 1.95. The zero-order valence-electron chi connectivity index (χ0n) is 27.0. The van der Waals surface area contributed by atoms with Crippen molar-refractivity contribution < 1.29 is 48.1 Å². The molecule has 2 saturated carbocycles. The third kappa shape index (κ3) is 10.5. The third-order valence-corrected chi connectivity index (χ3v) is 18.1. The Labute approximate surface area is 285 Å². The fourth-order valence-electron chi connectivity index (χ4n) is 6.43. The van der Waals surface area contributed by atoms with Crippen LogP contribution in [0.5, 0.6) is 0 Å². The van der Waals surface area contributed by atoms with Crippen molar-refractivity contribution in [2.45, 2.75) is 134 Å². The first-order chi connectivity index (χ1) is 19.0.